The SMILES string of the molecule is CN(C)c1ccc(C2C3=C(CCCC3=O)OC(=N)C2C#N)cc1. The molecule has 3 rings (SSSR count). The van der Waals surface area contributed by atoms with E-state index in [1.165, 1.54) is 0 Å². The molecule has 0 saturated heterocycles. The second-order valence-electron chi connectivity index (χ2n) is 6.15. The van der Waals surface area contributed by atoms with Gasteiger partial charge in [0.1, 0.15) is 11.7 Å². The Labute approximate surface area is 135 Å². The van der Waals surface area contributed by atoms with Gasteiger partial charge in [-0.1, -0.05) is 12.1 Å². The molecule has 2 aliphatic rings. The predicted octanol–water partition coefficient (Wildman–Crippen LogP) is 2.99. The molecule has 2 unspecified atom stereocenters. The standard InChI is InChI=1S/C18H19N3O2/c1-21(2)12-8-6-11(7-9-12)16-13(10-19)18(20)23-15-5-3-4-14(22)17(15)16/h6-9,13,16,20H,3-5H2,1-2H3. The van der Waals surface area contributed by atoms with Crippen LogP contribution in [-0.2, 0) is 9.53 Å². The van der Waals surface area contributed by atoms with Gasteiger partial charge < -0.3 is 9.64 Å². The molecule has 0 amide bonds. The van der Waals surface area contributed by atoms with Crippen molar-refractivity contribution in [1.82, 2.24) is 0 Å². The van der Waals surface area contributed by atoms with Gasteiger partial charge in [-0.05, 0) is 24.1 Å². The first-order valence-electron chi connectivity index (χ1n) is 7.72. The van der Waals surface area contributed by atoms with Gasteiger partial charge in [0.25, 0.3) is 0 Å². The van der Waals surface area contributed by atoms with E-state index in [9.17, 15) is 10.1 Å². The monoisotopic (exact) mass is 309 g/mol. The maximum absolute atomic E-state index is 12.4. The molecule has 5 nitrogen and oxygen atoms in total. The molecule has 5 heteroatoms. The first kappa shape index (κ1) is 15.3. The summed E-state index contributed by atoms with van der Waals surface area (Å²) >= 11 is 0. The minimum atomic E-state index is -0.749. The number of hydrogen-bond donors (Lipinski definition) is 1. The molecule has 1 aromatic carbocycles. The van der Waals surface area contributed by atoms with E-state index in [4.69, 9.17) is 10.1 Å². The number of anilines is 1. The summed E-state index contributed by atoms with van der Waals surface area (Å²) in [5, 5.41) is 17.5. The van der Waals surface area contributed by atoms with Gasteiger partial charge in [0, 0.05) is 44.1 Å². The molecule has 1 aliphatic carbocycles. The first-order valence-corrected chi connectivity index (χ1v) is 7.72. The van der Waals surface area contributed by atoms with Gasteiger partial charge in [-0.2, -0.15) is 5.26 Å². The highest BCUT2D eigenvalue weighted by molar-refractivity contribution is 6.01. The van der Waals surface area contributed by atoms with Crippen LogP contribution in [0.25, 0.3) is 0 Å². The lowest BCUT2D eigenvalue weighted by Gasteiger charge is -2.34. The van der Waals surface area contributed by atoms with Crippen molar-refractivity contribution in [2.75, 3.05) is 19.0 Å². The zero-order valence-corrected chi connectivity index (χ0v) is 13.3. The maximum Gasteiger partial charge on any atom is 0.205 e. The van der Waals surface area contributed by atoms with Gasteiger partial charge in [-0.3, -0.25) is 10.2 Å². The highest BCUT2D eigenvalue weighted by Crippen LogP contribution is 2.43. The Morgan fingerprint density at radius 2 is 1.96 bits per heavy atom. The van der Waals surface area contributed by atoms with Crippen molar-refractivity contribution in [1.29, 1.82) is 10.7 Å². The average Bonchev–Trinajstić information content (AvgIpc) is 2.54. The third-order valence-corrected chi connectivity index (χ3v) is 4.48. The number of rotatable bonds is 2. The third kappa shape index (κ3) is 2.61. The molecular weight excluding hydrogens is 290 g/mol. The predicted molar refractivity (Wildman–Crippen MR) is 87.3 cm³/mol. The van der Waals surface area contributed by atoms with Crippen molar-refractivity contribution < 1.29 is 9.53 Å². The Morgan fingerprint density at radius 1 is 1.26 bits per heavy atom. The molecule has 0 radical (unpaired) electrons. The molecule has 0 bridgehead atoms. The third-order valence-electron chi connectivity index (χ3n) is 4.48. The van der Waals surface area contributed by atoms with Crippen LogP contribution < -0.4 is 4.90 Å². The van der Waals surface area contributed by atoms with Gasteiger partial charge in [0.15, 0.2) is 5.78 Å². The first-order chi connectivity index (χ1) is 11.0. The van der Waals surface area contributed by atoms with Crippen LogP contribution in [0.3, 0.4) is 0 Å². The topological polar surface area (TPSA) is 77.2 Å². The molecule has 1 N–H and O–H groups in total. The smallest absolute Gasteiger partial charge is 0.205 e. The number of ketones is 1. The van der Waals surface area contributed by atoms with Crippen molar-refractivity contribution in [3.8, 4) is 6.07 Å². The lowest BCUT2D eigenvalue weighted by molar-refractivity contribution is -0.116. The number of nitrogens with one attached hydrogen (secondary N) is 1. The van der Waals surface area contributed by atoms with E-state index < -0.39 is 11.8 Å². The van der Waals surface area contributed by atoms with Crippen LogP contribution in [0.4, 0.5) is 5.69 Å². The number of ether oxygens (including phenoxy) is 1. The lowest BCUT2D eigenvalue weighted by atomic mass is 9.74. The minimum absolute atomic E-state index is 0.0423. The molecule has 23 heavy (non-hydrogen) atoms. The van der Waals surface area contributed by atoms with Crippen molar-refractivity contribution in [2.24, 2.45) is 5.92 Å². The van der Waals surface area contributed by atoms with E-state index >= 15 is 0 Å². The van der Waals surface area contributed by atoms with Crippen LogP contribution in [0.2, 0.25) is 0 Å². The van der Waals surface area contributed by atoms with Crippen LogP contribution in [0, 0.1) is 22.7 Å². The Morgan fingerprint density at radius 3 is 2.57 bits per heavy atom. The molecule has 1 aliphatic heterocycles. The Kier molecular flexibility index (Phi) is 3.91. The fraction of sp³-hybridized carbons (Fsp3) is 0.389. The summed E-state index contributed by atoms with van der Waals surface area (Å²) in [4.78, 5) is 14.4. The number of nitriles is 1. The summed E-state index contributed by atoms with van der Waals surface area (Å²) in [6.45, 7) is 0. The molecule has 118 valence electrons. The number of carbonyl (C=O) groups excluding carboxylic acids is 1. The van der Waals surface area contributed by atoms with E-state index in [0.717, 1.165) is 17.7 Å². The van der Waals surface area contributed by atoms with E-state index in [-0.39, 0.29) is 11.7 Å². The number of hydrogen-bond acceptors (Lipinski definition) is 5. The summed E-state index contributed by atoms with van der Waals surface area (Å²) in [5.41, 5.74) is 2.53. The van der Waals surface area contributed by atoms with Crippen molar-refractivity contribution >= 4 is 17.4 Å². The zero-order chi connectivity index (χ0) is 16.6. The molecular formula is C18H19N3O2. The molecule has 1 aromatic rings. The number of nitrogens with zero attached hydrogens (tertiary/aromatic N) is 2. The van der Waals surface area contributed by atoms with E-state index in [1.54, 1.807) is 0 Å². The quantitative estimate of drug-likeness (QED) is 0.911. The summed E-state index contributed by atoms with van der Waals surface area (Å²) in [5.74, 6) is -0.580. The van der Waals surface area contributed by atoms with Crippen LogP contribution in [-0.4, -0.2) is 25.8 Å². The van der Waals surface area contributed by atoms with Crippen LogP contribution >= 0.6 is 0 Å². The molecule has 2 atom stereocenters. The van der Waals surface area contributed by atoms with E-state index in [0.29, 0.717) is 24.2 Å². The zero-order valence-electron chi connectivity index (χ0n) is 13.3. The number of allylic oxidation sites excluding steroid dienone is 2. The summed E-state index contributed by atoms with van der Waals surface area (Å²) in [7, 11) is 3.92. The Hall–Kier alpha value is -2.61. The maximum atomic E-state index is 12.4. The second-order valence-corrected chi connectivity index (χ2v) is 6.15. The Balaban J connectivity index is 2.10. The fourth-order valence-corrected chi connectivity index (χ4v) is 3.27. The molecule has 1 heterocycles. The van der Waals surface area contributed by atoms with Crippen LogP contribution in [0.5, 0.6) is 0 Å². The van der Waals surface area contributed by atoms with Crippen LogP contribution in [0.1, 0.15) is 30.7 Å². The highest BCUT2D eigenvalue weighted by Gasteiger charge is 2.42. The molecule has 0 fully saturated rings. The molecule has 0 aromatic heterocycles. The van der Waals surface area contributed by atoms with Gasteiger partial charge in [0.2, 0.25) is 5.90 Å². The van der Waals surface area contributed by atoms with Gasteiger partial charge in [-0.15, -0.1) is 0 Å². The Bertz CT molecular complexity index is 726. The molecule has 0 saturated carbocycles. The fourth-order valence-electron chi connectivity index (χ4n) is 3.27. The normalized spacial score (nSPS) is 23.9. The summed E-state index contributed by atoms with van der Waals surface area (Å²) in [6.07, 6.45) is 1.89. The second kappa shape index (κ2) is 5.88. The van der Waals surface area contributed by atoms with E-state index in [1.807, 2.05) is 43.3 Å². The lowest BCUT2D eigenvalue weighted by Crippen LogP contribution is -2.34. The molecule has 0 spiro atoms. The van der Waals surface area contributed by atoms with Crippen molar-refractivity contribution in [3.05, 3.63) is 41.2 Å². The average molecular weight is 309 g/mol. The highest BCUT2D eigenvalue weighted by atomic mass is 16.5. The van der Waals surface area contributed by atoms with Crippen molar-refractivity contribution in [2.45, 2.75) is 25.2 Å². The van der Waals surface area contributed by atoms with Crippen molar-refractivity contribution in [3.63, 3.8) is 0 Å². The van der Waals surface area contributed by atoms with E-state index in [2.05, 4.69) is 6.07 Å². The largest absolute Gasteiger partial charge is 0.446 e. The summed E-state index contributed by atoms with van der Waals surface area (Å²) in [6, 6.07) is 9.96. The van der Waals surface area contributed by atoms with Gasteiger partial charge >= 0.3 is 0 Å². The van der Waals surface area contributed by atoms with Gasteiger partial charge in [0.05, 0.1) is 6.07 Å². The number of Topliss-reactive ketones (excluding diaryl/α,β-unsaturated/α-hetero) is 1. The summed E-state index contributed by atoms with van der Waals surface area (Å²) < 4.78 is 5.49. The number of benzene rings is 1. The van der Waals surface area contributed by atoms with Gasteiger partial charge in [-0.25, -0.2) is 0 Å². The number of carbonyl (C=O) groups is 1. The van der Waals surface area contributed by atoms with Crippen LogP contribution in [0.15, 0.2) is 35.6 Å². The minimum Gasteiger partial charge on any atom is -0.446 e.